The van der Waals surface area contributed by atoms with E-state index in [2.05, 4.69) is 5.32 Å². The van der Waals surface area contributed by atoms with E-state index in [9.17, 15) is 26.0 Å². The van der Waals surface area contributed by atoms with E-state index in [1.807, 2.05) is 0 Å². The quantitative estimate of drug-likeness (QED) is 0.427. The number of para-hydroxylation sites is 1. The van der Waals surface area contributed by atoms with E-state index in [1.54, 1.807) is 6.92 Å². The van der Waals surface area contributed by atoms with Gasteiger partial charge in [-0.1, -0.05) is 19.1 Å². The van der Waals surface area contributed by atoms with Crippen molar-refractivity contribution in [1.82, 2.24) is 9.62 Å². The van der Waals surface area contributed by atoms with Gasteiger partial charge in [-0.3, -0.25) is 9.10 Å². The maximum Gasteiger partial charge on any atom is 0.244 e. The summed E-state index contributed by atoms with van der Waals surface area (Å²) in [5.41, 5.74) is -0.203. The molecule has 13 heteroatoms. The van der Waals surface area contributed by atoms with Gasteiger partial charge in [-0.05, 0) is 42.8 Å². The van der Waals surface area contributed by atoms with Crippen molar-refractivity contribution in [2.75, 3.05) is 50.0 Å². The van der Waals surface area contributed by atoms with Gasteiger partial charge >= 0.3 is 0 Å². The lowest BCUT2D eigenvalue weighted by molar-refractivity contribution is -0.122. The molecule has 0 aliphatic carbocycles. The smallest absolute Gasteiger partial charge is 0.244 e. The fourth-order valence-corrected chi connectivity index (χ4v) is 6.39. The summed E-state index contributed by atoms with van der Waals surface area (Å²) in [5, 5.41) is 2.62. The Hall–Kier alpha value is -2.74. The minimum Gasteiger partial charge on any atom is -0.492 e. The average molecular weight is 544 g/mol. The summed E-state index contributed by atoms with van der Waals surface area (Å²) >= 11 is 0. The SMILES string of the molecule is CC[C@@H](C(=O)NCCOc1ccc(S(=O)(=O)N2CCOCC2)cc1)N(c1ccccc1F)S(C)(=O)=O. The zero-order chi connectivity index (χ0) is 26.3. The molecule has 2 aromatic rings. The number of carbonyl (C=O) groups is 1. The monoisotopic (exact) mass is 543 g/mol. The molecule has 0 spiro atoms. The zero-order valence-corrected chi connectivity index (χ0v) is 21.7. The number of anilines is 1. The highest BCUT2D eigenvalue weighted by molar-refractivity contribution is 7.92. The molecule has 1 amide bonds. The van der Waals surface area contributed by atoms with Crippen molar-refractivity contribution in [2.45, 2.75) is 24.3 Å². The number of nitrogens with one attached hydrogen (secondary N) is 1. The van der Waals surface area contributed by atoms with Crippen LogP contribution in [0, 0.1) is 5.82 Å². The van der Waals surface area contributed by atoms with Crippen LogP contribution in [0.2, 0.25) is 0 Å². The number of sulfonamides is 2. The number of hydrogen-bond acceptors (Lipinski definition) is 7. The first kappa shape index (κ1) is 27.8. The molecule has 2 aromatic carbocycles. The third-order valence-electron chi connectivity index (χ3n) is 5.52. The summed E-state index contributed by atoms with van der Waals surface area (Å²) in [7, 11) is -7.57. The predicted molar refractivity (Wildman–Crippen MR) is 132 cm³/mol. The molecular formula is C23H30FN3O7S2. The van der Waals surface area contributed by atoms with Gasteiger partial charge < -0.3 is 14.8 Å². The van der Waals surface area contributed by atoms with E-state index < -0.39 is 37.8 Å². The molecule has 1 saturated heterocycles. The molecule has 0 unspecified atom stereocenters. The van der Waals surface area contributed by atoms with E-state index >= 15 is 0 Å². The van der Waals surface area contributed by atoms with Gasteiger partial charge in [-0.15, -0.1) is 0 Å². The van der Waals surface area contributed by atoms with Gasteiger partial charge in [-0.2, -0.15) is 4.31 Å². The Labute approximate surface area is 211 Å². The second kappa shape index (κ2) is 12.0. The van der Waals surface area contributed by atoms with Crippen molar-refractivity contribution in [3.05, 3.63) is 54.3 Å². The van der Waals surface area contributed by atoms with Crippen molar-refractivity contribution in [1.29, 1.82) is 0 Å². The van der Waals surface area contributed by atoms with Crippen molar-refractivity contribution in [3.63, 3.8) is 0 Å². The van der Waals surface area contributed by atoms with Crippen LogP contribution >= 0.6 is 0 Å². The molecule has 1 atom stereocenters. The van der Waals surface area contributed by atoms with E-state index in [4.69, 9.17) is 9.47 Å². The van der Waals surface area contributed by atoms with E-state index in [0.29, 0.717) is 32.1 Å². The first-order valence-corrected chi connectivity index (χ1v) is 14.7. The fourth-order valence-electron chi connectivity index (χ4n) is 3.77. The van der Waals surface area contributed by atoms with E-state index in [0.717, 1.165) is 16.6 Å². The topological polar surface area (TPSA) is 122 Å². The number of ether oxygens (including phenoxy) is 2. The highest BCUT2D eigenvalue weighted by Gasteiger charge is 2.33. The summed E-state index contributed by atoms with van der Waals surface area (Å²) in [6.45, 7) is 3.04. The number of amides is 1. The molecule has 198 valence electrons. The summed E-state index contributed by atoms with van der Waals surface area (Å²) in [4.78, 5) is 12.9. The lowest BCUT2D eigenvalue weighted by Gasteiger charge is -2.30. The summed E-state index contributed by atoms with van der Waals surface area (Å²) in [6, 6.07) is 10.1. The molecule has 10 nitrogen and oxygen atoms in total. The second-order valence-electron chi connectivity index (χ2n) is 8.06. The summed E-state index contributed by atoms with van der Waals surface area (Å²) < 4.78 is 77.4. The molecule has 1 aliphatic heterocycles. The van der Waals surface area contributed by atoms with Crippen LogP contribution in [0.15, 0.2) is 53.4 Å². The molecule has 36 heavy (non-hydrogen) atoms. The number of rotatable bonds is 11. The molecule has 1 fully saturated rings. The predicted octanol–water partition coefficient (Wildman–Crippen LogP) is 1.59. The lowest BCUT2D eigenvalue weighted by Crippen LogP contribution is -2.50. The van der Waals surface area contributed by atoms with Crippen LogP contribution in [0.25, 0.3) is 0 Å². The maximum absolute atomic E-state index is 14.3. The molecule has 1 N–H and O–H groups in total. The Morgan fingerprint density at radius 1 is 1.11 bits per heavy atom. The number of carbonyl (C=O) groups excluding carboxylic acids is 1. The Bertz CT molecular complexity index is 1250. The van der Waals surface area contributed by atoms with Crippen LogP contribution in [0.1, 0.15) is 13.3 Å². The third kappa shape index (κ3) is 6.72. The Balaban J connectivity index is 1.58. The van der Waals surface area contributed by atoms with Crippen molar-refractivity contribution < 1.29 is 35.5 Å². The Morgan fingerprint density at radius 3 is 2.33 bits per heavy atom. The van der Waals surface area contributed by atoms with Gasteiger partial charge in [0.25, 0.3) is 0 Å². The number of halogens is 1. The maximum atomic E-state index is 14.3. The highest BCUT2D eigenvalue weighted by Crippen LogP contribution is 2.25. The van der Waals surface area contributed by atoms with Crippen molar-refractivity contribution >= 4 is 31.6 Å². The van der Waals surface area contributed by atoms with Crippen LogP contribution in [0.4, 0.5) is 10.1 Å². The van der Waals surface area contributed by atoms with Gasteiger partial charge in [0.15, 0.2) is 0 Å². The molecule has 0 aromatic heterocycles. The lowest BCUT2D eigenvalue weighted by atomic mass is 10.2. The highest BCUT2D eigenvalue weighted by atomic mass is 32.2. The molecule has 0 saturated carbocycles. The first-order chi connectivity index (χ1) is 17.1. The number of hydrogen-bond donors (Lipinski definition) is 1. The van der Waals surface area contributed by atoms with E-state index in [-0.39, 0.29) is 30.2 Å². The Morgan fingerprint density at radius 2 is 1.75 bits per heavy atom. The van der Waals surface area contributed by atoms with Gasteiger partial charge in [-0.25, -0.2) is 21.2 Å². The third-order valence-corrected chi connectivity index (χ3v) is 8.60. The summed E-state index contributed by atoms with van der Waals surface area (Å²) in [6.07, 6.45) is 1.04. The molecule has 1 heterocycles. The number of benzene rings is 2. The van der Waals surface area contributed by atoms with Crippen LogP contribution in [0.5, 0.6) is 5.75 Å². The number of morpholine rings is 1. The minimum absolute atomic E-state index is 0.0519. The van der Waals surface area contributed by atoms with Crippen molar-refractivity contribution in [2.24, 2.45) is 0 Å². The van der Waals surface area contributed by atoms with Crippen LogP contribution in [-0.2, 0) is 29.6 Å². The van der Waals surface area contributed by atoms with Crippen molar-refractivity contribution in [3.8, 4) is 5.75 Å². The second-order valence-corrected chi connectivity index (χ2v) is 11.9. The molecule has 0 radical (unpaired) electrons. The first-order valence-electron chi connectivity index (χ1n) is 11.4. The fraction of sp³-hybridized carbons (Fsp3) is 0.435. The standard InChI is InChI=1S/C23H30FN3O7S2/c1-3-21(27(35(2,29)30)22-7-5-4-6-20(22)24)23(28)25-12-15-34-18-8-10-19(11-9-18)36(31,32)26-13-16-33-17-14-26/h4-11,21H,3,12-17H2,1-2H3,(H,25,28)/t21-/m0/s1. The van der Waals surface area contributed by atoms with Gasteiger partial charge in [0, 0.05) is 13.1 Å². The normalized spacial score (nSPS) is 15.8. The number of nitrogens with zero attached hydrogens (tertiary/aromatic N) is 2. The van der Waals surface area contributed by atoms with E-state index in [1.165, 1.54) is 46.8 Å². The van der Waals surface area contributed by atoms with Crippen LogP contribution in [-0.4, -0.2) is 78.8 Å². The van der Waals surface area contributed by atoms with Gasteiger partial charge in [0.05, 0.1) is 36.6 Å². The molecule has 0 bridgehead atoms. The van der Waals surface area contributed by atoms with Crippen LogP contribution in [0.3, 0.4) is 0 Å². The molecular weight excluding hydrogens is 513 g/mol. The summed E-state index contributed by atoms with van der Waals surface area (Å²) in [5.74, 6) is -0.945. The average Bonchev–Trinajstić information content (AvgIpc) is 2.85. The molecule has 3 rings (SSSR count). The van der Waals surface area contributed by atoms with Crippen LogP contribution < -0.4 is 14.4 Å². The molecule has 1 aliphatic rings. The minimum atomic E-state index is -3.95. The van der Waals surface area contributed by atoms with Gasteiger partial charge in [0.2, 0.25) is 26.0 Å². The Kier molecular flexibility index (Phi) is 9.28. The largest absolute Gasteiger partial charge is 0.492 e. The zero-order valence-electron chi connectivity index (χ0n) is 20.1. The van der Waals surface area contributed by atoms with Gasteiger partial charge in [0.1, 0.15) is 24.2 Å².